The minimum atomic E-state index is -0.0637. The number of nitrogens with one attached hydrogen (secondary N) is 3. The third kappa shape index (κ3) is 6.70. The predicted octanol–water partition coefficient (Wildman–Crippen LogP) is 5.21. The molecule has 0 radical (unpaired) electrons. The van der Waals surface area contributed by atoms with Crippen molar-refractivity contribution in [3.63, 3.8) is 0 Å². The predicted molar refractivity (Wildman–Crippen MR) is 149 cm³/mol. The topological polar surface area (TPSA) is 58.5 Å². The molecule has 5 nitrogen and oxygen atoms in total. The molecule has 0 aliphatic carbocycles. The number of benzene rings is 3. The van der Waals surface area contributed by atoms with E-state index in [1.54, 1.807) is 0 Å². The quantitative estimate of drug-likeness (QED) is 0.273. The summed E-state index contributed by atoms with van der Waals surface area (Å²) in [6.07, 6.45) is 0.919. The molecule has 0 saturated heterocycles. The van der Waals surface area contributed by atoms with Gasteiger partial charge in [-0.05, 0) is 63.1 Å². The Morgan fingerprint density at radius 1 is 0.917 bits per heavy atom. The van der Waals surface area contributed by atoms with E-state index in [-0.39, 0.29) is 5.91 Å². The summed E-state index contributed by atoms with van der Waals surface area (Å²) < 4.78 is 0. The number of para-hydroxylation sites is 1. The average Bonchev–Trinajstić information content (AvgIpc) is 2.85. The molecule has 4 aromatic rings. The van der Waals surface area contributed by atoms with Crippen molar-refractivity contribution in [2.45, 2.75) is 46.7 Å². The molecular formula is C31H37N4O+. The van der Waals surface area contributed by atoms with Gasteiger partial charge >= 0.3 is 0 Å². The summed E-state index contributed by atoms with van der Waals surface area (Å²) >= 11 is 0. The minimum Gasteiger partial charge on any atom is -0.352 e. The van der Waals surface area contributed by atoms with Crippen LogP contribution in [0.15, 0.2) is 78.9 Å². The number of anilines is 2. The molecule has 0 saturated carbocycles. The molecule has 36 heavy (non-hydrogen) atoms. The van der Waals surface area contributed by atoms with Crippen LogP contribution in [-0.2, 0) is 6.54 Å². The summed E-state index contributed by atoms with van der Waals surface area (Å²) in [5, 5.41) is 7.41. The van der Waals surface area contributed by atoms with Crippen molar-refractivity contribution in [3.05, 3.63) is 101 Å². The van der Waals surface area contributed by atoms with Crippen LogP contribution in [0.4, 0.5) is 11.5 Å². The van der Waals surface area contributed by atoms with Gasteiger partial charge in [-0.3, -0.25) is 4.79 Å². The number of aryl methyl sites for hydroxylation is 2. The van der Waals surface area contributed by atoms with Crippen molar-refractivity contribution in [1.82, 2.24) is 10.3 Å². The Kier molecular flexibility index (Phi) is 8.34. The van der Waals surface area contributed by atoms with Crippen molar-refractivity contribution in [2.75, 3.05) is 18.4 Å². The van der Waals surface area contributed by atoms with Crippen LogP contribution < -0.4 is 15.5 Å². The molecule has 5 heteroatoms. The number of nitrogens with zero attached hydrogens (tertiary/aromatic N) is 1. The minimum absolute atomic E-state index is 0.0637. The fourth-order valence-corrected chi connectivity index (χ4v) is 4.67. The first-order valence-electron chi connectivity index (χ1n) is 12.8. The highest BCUT2D eigenvalue weighted by atomic mass is 16.1. The van der Waals surface area contributed by atoms with Crippen LogP contribution in [-0.4, -0.2) is 30.0 Å². The first-order valence-corrected chi connectivity index (χ1v) is 12.8. The Morgan fingerprint density at radius 2 is 1.61 bits per heavy atom. The third-order valence-corrected chi connectivity index (χ3v) is 6.51. The summed E-state index contributed by atoms with van der Waals surface area (Å²) in [7, 11) is 0. The van der Waals surface area contributed by atoms with Gasteiger partial charge in [-0.15, -0.1) is 0 Å². The normalized spacial score (nSPS) is 12.0. The number of quaternary nitrogens is 1. The number of fused-ring (bicyclic) bond motifs is 1. The van der Waals surface area contributed by atoms with Crippen LogP contribution in [0.5, 0.6) is 0 Å². The number of aromatic nitrogens is 1. The molecule has 1 unspecified atom stereocenters. The van der Waals surface area contributed by atoms with Crippen molar-refractivity contribution < 1.29 is 9.69 Å². The summed E-state index contributed by atoms with van der Waals surface area (Å²) in [6, 6.07) is 27.1. The van der Waals surface area contributed by atoms with Crippen LogP contribution in [0.1, 0.15) is 47.3 Å². The van der Waals surface area contributed by atoms with E-state index in [0.29, 0.717) is 24.0 Å². The largest absolute Gasteiger partial charge is 0.352 e. The van der Waals surface area contributed by atoms with Gasteiger partial charge in [-0.2, -0.15) is 0 Å². The zero-order chi connectivity index (χ0) is 25.5. The van der Waals surface area contributed by atoms with E-state index in [9.17, 15) is 4.79 Å². The number of rotatable bonds is 10. The monoisotopic (exact) mass is 481 g/mol. The molecule has 0 aliphatic rings. The van der Waals surface area contributed by atoms with Gasteiger partial charge in [0.1, 0.15) is 12.4 Å². The Balaban J connectivity index is 1.43. The standard InChI is InChI=1S/C31H36N4O/c1-22(2)35(21-25-11-6-5-7-12-25)16-10-15-32-31(36)28-20-30(34-29-14-9-8-13-27(28)29)33-26-18-23(3)17-24(4)19-26/h5-9,11-14,17-20,22H,10,15-16,21H2,1-4H3,(H,32,36)(H,33,34)/p+1. The van der Waals surface area contributed by atoms with E-state index < -0.39 is 0 Å². The molecule has 3 N–H and O–H groups in total. The maximum absolute atomic E-state index is 13.3. The number of amides is 1. The molecule has 3 aromatic carbocycles. The Morgan fingerprint density at radius 3 is 2.33 bits per heavy atom. The fourth-order valence-electron chi connectivity index (χ4n) is 4.67. The maximum atomic E-state index is 13.3. The van der Waals surface area contributed by atoms with Gasteiger partial charge in [-0.25, -0.2) is 4.98 Å². The average molecular weight is 482 g/mol. The molecule has 1 heterocycles. The Hall–Kier alpha value is -3.70. The van der Waals surface area contributed by atoms with Crippen LogP contribution in [0.25, 0.3) is 10.9 Å². The highest BCUT2D eigenvalue weighted by Crippen LogP contribution is 2.24. The Bertz CT molecular complexity index is 1300. The molecule has 0 aliphatic heterocycles. The zero-order valence-corrected chi connectivity index (χ0v) is 21.8. The lowest BCUT2D eigenvalue weighted by molar-refractivity contribution is -0.935. The highest BCUT2D eigenvalue weighted by Gasteiger charge is 2.16. The van der Waals surface area contributed by atoms with Gasteiger partial charge in [0.2, 0.25) is 0 Å². The second-order valence-corrected chi connectivity index (χ2v) is 9.91. The molecule has 1 aromatic heterocycles. The van der Waals surface area contributed by atoms with Gasteiger partial charge in [0.05, 0.1) is 23.7 Å². The summed E-state index contributed by atoms with van der Waals surface area (Å²) in [6.45, 7) is 11.3. The molecule has 0 spiro atoms. The smallest absolute Gasteiger partial charge is 0.252 e. The van der Waals surface area contributed by atoms with Gasteiger partial charge < -0.3 is 15.5 Å². The van der Waals surface area contributed by atoms with Crippen LogP contribution in [0.3, 0.4) is 0 Å². The number of carbonyl (C=O) groups excluding carboxylic acids is 1. The van der Waals surface area contributed by atoms with Crippen molar-refractivity contribution in [1.29, 1.82) is 0 Å². The lowest BCUT2D eigenvalue weighted by Gasteiger charge is -2.23. The lowest BCUT2D eigenvalue weighted by atomic mass is 10.1. The first kappa shape index (κ1) is 25.4. The summed E-state index contributed by atoms with van der Waals surface area (Å²) in [4.78, 5) is 19.5. The van der Waals surface area contributed by atoms with Crippen LogP contribution in [0, 0.1) is 13.8 Å². The van der Waals surface area contributed by atoms with Gasteiger partial charge in [0, 0.05) is 29.6 Å². The number of carbonyl (C=O) groups is 1. The summed E-state index contributed by atoms with van der Waals surface area (Å²) in [5.41, 5.74) is 6.12. The summed E-state index contributed by atoms with van der Waals surface area (Å²) in [5.74, 6) is 0.605. The van der Waals surface area contributed by atoms with Crippen molar-refractivity contribution in [3.8, 4) is 0 Å². The molecule has 186 valence electrons. The van der Waals surface area contributed by atoms with Crippen LogP contribution >= 0.6 is 0 Å². The maximum Gasteiger partial charge on any atom is 0.252 e. The Labute approximate surface area is 214 Å². The second-order valence-electron chi connectivity index (χ2n) is 9.91. The van der Waals surface area contributed by atoms with Crippen molar-refractivity contribution in [2.24, 2.45) is 0 Å². The molecule has 0 bridgehead atoms. The van der Waals surface area contributed by atoms with E-state index >= 15 is 0 Å². The van der Waals surface area contributed by atoms with E-state index in [2.05, 4.69) is 86.9 Å². The van der Waals surface area contributed by atoms with Crippen molar-refractivity contribution >= 4 is 28.3 Å². The number of hydrogen-bond acceptors (Lipinski definition) is 3. The SMILES string of the molecule is Cc1cc(C)cc(Nc2cc(C(=O)NCCC[NH+](Cc3ccccc3)C(C)C)c3ccccc3n2)c1. The van der Waals surface area contributed by atoms with Gasteiger partial charge in [0.25, 0.3) is 5.91 Å². The molecule has 0 fully saturated rings. The van der Waals surface area contributed by atoms with Gasteiger partial charge in [0.15, 0.2) is 0 Å². The first-order chi connectivity index (χ1) is 17.4. The highest BCUT2D eigenvalue weighted by molar-refractivity contribution is 6.07. The number of hydrogen-bond donors (Lipinski definition) is 3. The third-order valence-electron chi connectivity index (χ3n) is 6.51. The van der Waals surface area contributed by atoms with Gasteiger partial charge in [-0.1, -0.05) is 54.6 Å². The second kappa shape index (κ2) is 11.8. The van der Waals surface area contributed by atoms with E-state index in [4.69, 9.17) is 4.98 Å². The molecular weight excluding hydrogens is 444 g/mol. The van der Waals surface area contributed by atoms with E-state index in [1.165, 1.54) is 21.6 Å². The number of pyridine rings is 1. The fraction of sp³-hybridized carbons (Fsp3) is 0.290. The molecule has 4 rings (SSSR count). The van der Waals surface area contributed by atoms with E-state index in [1.807, 2.05) is 30.3 Å². The zero-order valence-electron chi connectivity index (χ0n) is 21.8. The van der Waals surface area contributed by atoms with E-state index in [0.717, 1.165) is 36.1 Å². The lowest BCUT2D eigenvalue weighted by Crippen LogP contribution is -3.13. The molecule has 1 amide bonds. The molecule has 1 atom stereocenters. The van der Waals surface area contributed by atoms with Crippen LogP contribution in [0.2, 0.25) is 0 Å².